The predicted octanol–water partition coefficient (Wildman–Crippen LogP) is 14.4. The Morgan fingerprint density at radius 3 is 1.29 bits per heavy atom. The molecule has 0 saturated heterocycles. The Bertz CT molecular complexity index is 3120. The van der Waals surface area contributed by atoms with Gasteiger partial charge in [0.25, 0.3) is 0 Å². The topological polar surface area (TPSA) is 0 Å². The smallest absolute Gasteiger partial charge is 0.0542 e. The molecule has 0 aliphatic heterocycles. The van der Waals surface area contributed by atoms with E-state index in [9.17, 15) is 0 Å². The summed E-state index contributed by atoms with van der Waals surface area (Å²) in [6.07, 6.45) is 0. The number of thiophene rings is 2. The number of hydrogen-bond acceptors (Lipinski definition) is 2. The Balaban J connectivity index is 0.974. The van der Waals surface area contributed by atoms with Crippen LogP contribution in [0.25, 0.3) is 106 Å². The monoisotopic (exact) mass is 642 g/mol. The van der Waals surface area contributed by atoms with Gasteiger partial charge in [-0.2, -0.15) is 0 Å². The van der Waals surface area contributed by atoms with E-state index in [2.05, 4.69) is 158 Å². The molecule has 0 aliphatic rings. The fourth-order valence-electron chi connectivity index (χ4n) is 7.66. The van der Waals surface area contributed by atoms with Crippen molar-refractivity contribution in [3.05, 3.63) is 158 Å². The molecule has 11 rings (SSSR count). The molecule has 0 amide bonds. The maximum atomic E-state index is 2.42. The highest BCUT2D eigenvalue weighted by Crippen LogP contribution is 2.46. The number of fused-ring (bicyclic) bond motifs is 11. The van der Waals surface area contributed by atoms with Crippen LogP contribution in [0.3, 0.4) is 0 Å². The van der Waals surface area contributed by atoms with E-state index in [1.165, 1.54) is 106 Å². The van der Waals surface area contributed by atoms with Crippen LogP contribution in [0.1, 0.15) is 0 Å². The van der Waals surface area contributed by atoms with Gasteiger partial charge < -0.3 is 0 Å². The highest BCUT2D eigenvalue weighted by atomic mass is 32.1. The molecule has 48 heavy (non-hydrogen) atoms. The third-order valence-electron chi connectivity index (χ3n) is 10.2. The SMILES string of the molecule is c1ccc2cc3c(cc2c1)sc1c2cc4cc(-c5ccc6cc(-c7ccc8c(ccc9ccccc98)c7)ccc6c5)ccc4cc2sc31. The molecule has 0 nitrogen and oxygen atoms in total. The summed E-state index contributed by atoms with van der Waals surface area (Å²) in [4.78, 5) is 0. The lowest BCUT2D eigenvalue weighted by Crippen LogP contribution is -1.84. The molecule has 222 valence electrons. The zero-order valence-corrected chi connectivity index (χ0v) is 27.5. The van der Waals surface area contributed by atoms with E-state index < -0.39 is 0 Å². The predicted molar refractivity (Wildman–Crippen MR) is 213 cm³/mol. The first-order valence-electron chi connectivity index (χ1n) is 16.4. The van der Waals surface area contributed by atoms with Gasteiger partial charge in [-0.15, -0.1) is 22.7 Å². The Kier molecular flexibility index (Phi) is 5.51. The maximum absolute atomic E-state index is 2.42. The summed E-state index contributed by atoms with van der Waals surface area (Å²) in [5.41, 5.74) is 5.00. The van der Waals surface area contributed by atoms with Crippen molar-refractivity contribution in [1.29, 1.82) is 0 Å². The lowest BCUT2D eigenvalue weighted by Gasteiger charge is -2.10. The molecule has 2 aromatic heterocycles. The quantitative estimate of drug-likeness (QED) is 0.165. The van der Waals surface area contributed by atoms with Gasteiger partial charge in [0.1, 0.15) is 0 Å². The molecule has 0 N–H and O–H groups in total. The fourth-order valence-corrected chi connectivity index (χ4v) is 10.4. The van der Waals surface area contributed by atoms with Crippen LogP contribution in [0.4, 0.5) is 0 Å². The van der Waals surface area contributed by atoms with Gasteiger partial charge in [0, 0.05) is 20.2 Å². The molecule has 0 atom stereocenters. The molecule has 0 unspecified atom stereocenters. The van der Waals surface area contributed by atoms with Crippen LogP contribution in [0.15, 0.2) is 158 Å². The molecular weight excluding hydrogens is 617 g/mol. The second kappa shape index (κ2) is 9.98. The fraction of sp³-hybridized carbons (Fsp3) is 0. The zero-order valence-electron chi connectivity index (χ0n) is 25.8. The summed E-state index contributed by atoms with van der Waals surface area (Å²) in [5, 5.41) is 15.7. The van der Waals surface area contributed by atoms with E-state index in [4.69, 9.17) is 0 Å². The second-order valence-electron chi connectivity index (χ2n) is 13.0. The van der Waals surface area contributed by atoms with Crippen LogP contribution in [-0.4, -0.2) is 0 Å². The first kappa shape index (κ1) is 26.5. The summed E-state index contributed by atoms with van der Waals surface area (Å²) >= 11 is 3.87. The Labute approximate surface area is 284 Å². The summed E-state index contributed by atoms with van der Waals surface area (Å²) in [5.74, 6) is 0. The van der Waals surface area contributed by atoms with E-state index in [0.717, 1.165) is 0 Å². The number of hydrogen-bond donors (Lipinski definition) is 0. The minimum absolute atomic E-state index is 1.25. The van der Waals surface area contributed by atoms with Gasteiger partial charge in [-0.1, -0.05) is 109 Å². The van der Waals surface area contributed by atoms with E-state index >= 15 is 0 Å². The molecule has 9 aromatic carbocycles. The van der Waals surface area contributed by atoms with E-state index in [-0.39, 0.29) is 0 Å². The standard InChI is InChI=1S/C46H26S2/c1-2-7-29-25-43-41(23-28(29)6-1)45-46(47-43)42-24-38-22-34(14-15-36(38)26-44(42)48-45)32-12-10-31-20-33(13-11-30(31)19-32)35-17-18-40-37(21-35)16-9-27-5-3-4-8-39(27)40/h1-26H. The number of rotatable bonds is 2. The Morgan fingerprint density at radius 2 is 0.646 bits per heavy atom. The molecular formula is C46H26S2. The van der Waals surface area contributed by atoms with Gasteiger partial charge in [-0.05, 0) is 125 Å². The average molecular weight is 643 g/mol. The normalized spacial score (nSPS) is 12.2. The first-order valence-corrected chi connectivity index (χ1v) is 18.0. The van der Waals surface area contributed by atoms with Crippen molar-refractivity contribution in [1.82, 2.24) is 0 Å². The summed E-state index contributed by atoms with van der Waals surface area (Å²) in [6, 6.07) is 58.9. The van der Waals surface area contributed by atoms with Crippen molar-refractivity contribution in [3.63, 3.8) is 0 Å². The van der Waals surface area contributed by atoms with Crippen molar-refractivity contribution in [3.8, 4) is 22.3 Å². The highest BCUT2D eigenvalue weighted by Gasteiger charge is 2.14. The average Bonchev–Trinajstić information content (AvgIpc) is 3.67. The van der Waals surface area contributed by atoms with E-state index in [0.29, 0.717) is 0 Å². The van der Waals surface area contributed by atoms with Crippen molar-refractivity contribution < 1.29 is 0 Å². The Hall–Kier alpha value is -5.54. The van der Waals surface area contributed by atoms with Gasteiger partial charge in [0.2, 0.25) is 0 Å². The molecule has 0 saturated carbocycles. The van der Waals surface area contributed by atoms with Gasteiger partial charge in [-0.25, -0.2) is 0 Å². The van der Waals surface area contributed by atoms with Crippen molar-refractivity contribution in [2.24, 2.45) is 0 Å². The number of benzene rings is 9. The largest absolute Gasteiger partial charge is 0.134 e. The summed E-state index contributed by atoms with van der Waals surface area (Å²) in [7, 11) is 0. The van der Waals surface area contributed by atoms with Gasteiger partial charge >= 0.3 is 0 Å². The van der Waals surface area contributed by atoms with Crippen LogP contribution < -0.4 is 0 Å². The summed E-state index contributed by atoms with van der Waals surface area (Å²) < 4.78 is 5.57. The molecule has 0 aliphatic carbocycles. The molecule has 0 bridgehead atoms. The van der Waals surface area contributed by atoms with E-state index in [1.54, 1.807) is 0 Å². The third-order valence-corrected chi connectivity index (χ3v) is 12.7. The van der Waals surface area contributed by atoms with Crippen LogP contribution in [0, 0.1) is 0 Å². The third kappa shape index (κ3) is 4.00. The molecule has 11 aromatic rings. The highest BCUT2D eigenvalue weighted by molar-refractivity contribution is 7.36. The Morgan fingerprint density at radius 1 is 0.250 bits per heavy atom. The van der Waals surface area contributed by atoms with Crippen molar-refractivity contribution in [2.45, 2.75) is 0 Å². The van der Waals surface area contributed by atoms with E-state index in [1.807, 2.05) is 22.7 Å². The molecule has 0 radical (unpaired) electrons. The van der Waals surface area contributed by atoms with Crippen molar-refractivity contribution >= 4 is 106 Å². The minimum atomic E-state index is 1.25. The zero-order chi connectivity index (χ0) is 31.3. The first-order chi connectivity index (χ1) is 23.7. The van der Waals surface area contributed by atoms with Crippen LogP contribution in [-0.2, 0) is 0 Å². The van der Waals surface area contributed by atoms with Crippen LogP contribution >= 0.6 is 22.7 Å². The van der Waals surface area contributed by atoms with Gasteiger partial charge in [0.15, 0.2) is 0 Å². The maximum Gasteiger partial charge on any atom is 0.0542 e. The molecule has 0 fully saturated rings. The molecule has 2 heteroatoms. The minimum Gasteiger partial charge on any atom is -0.134 e. The van der Waals surface area contributed by atoms with Gasteiger partial charge in [-0.3, -0.25) is 0 Å². The lowest BCUT2D eigenvalue weighted by molar-refractivity contribution is 1.66. The molecule has 0 spiro atoms. The van der Waals surface area contributed by atoms with Crippen molar-refractivity contribution in [2.75, 3.05) is 0 Å². The lowest BCUT2D eigenvalue weighted by atomic mass is 9.94. The van der Waals surface area contributed by atoms with Crippen LogP contribution in [0.5, 0.6) is 0 Å². The van der Waals surface area contributed by atoms with Gasteiger partial charge in [0.05, 0.1) is 9.40 Å². The second-order valence-corrected chi connectivity index (χ2v) is 15.1. The van der Waals surface area contributed by atoms with Crippen LogP contribution in [0.2, 0.25) is 0 Å². The molecule has 2 heterocycles. The summed E-state index contributed by atoms with van der Waals surface area (Å²) in [6.45, 7) is 0.